The third-order valence-electron chi connectivity index (χ3n) is 2.63. The van der Waals surface area contributed by atoms with Gasteiger partial charge in [-0.3, -0.25) is 0 Å². The molecule has 0 fully saturated rings. The maximum atomic E-state index is 12.0. The molecule has 1 aromatic rings. The fourth-order valence-corrected chi connectivity index (χ4v) is 1.87. The molecule has 0 aliphatic carbocycles. The van der Waals surface area contributed by atoms with E-state index in [4.69, 9.17) is 0 Å². The highest BCUT2D eigenvalue weighted by Gasteiger charge is 2.06. The number of rotatable bonds is 7. The van der Waals surface area contributed by atoms with Gasteiger partial charge in [0.05, 0.1) is 0 Å². The van der Waals surface area contributed by atoms with E-state index in [-0.39, 0.29) is 5.75 Å². The Bertz CT molecular complexity index is 338. The van der Waals surface area contributed by atoms with E-state index in [0.717, 1.165) is 18.4 Å². The fourth-order valence-electron chi connectivity index (χ4n) is 1.87. The van der Waals surface area contributed by atoms with Gasteiger partial charge in [0, 0.05) is 12.1 Å². The molecule has 1 aromatic carbocycles. The van der Waals surface area contributed by atoms with Gasteiger partial charge in [-0.15, -0.1) is 0 Å². The molecular weight excluding hydrogens is 236 g/mol. The number of aryl methyl sites for hydroxylation is 1. The molecule has 0 radical (unpaired) electrons. The fraction of sp³-hybridized carbons (Fsp3) is 0.571. The SMILES string of the molecule is CC(C)NC(C)CCc1ccc(OC(F)F)cc1. The topological polar surface area (TPSA) is 21.3 Å². The maximum Gasteiger partial charge on any atom is 0.387 e. The Balaban J connectivity index is 2.39. The summed E-state index contributed by atoms with van der Waals surface area (Å²) in [5, 5.41) is 3.43. The first-order valence-corrected chi connectivity index (χ1v) is 6.27. The molecule has 0 saturated heterocycles. The molecule has 0 spiro atoms. The second kappa shape index (κ2) is 7.31. The van der Waals surface area contributed by atoms with E-state index in [1.807, 2.05) is 12.1 Å². The number of nitrogens with one attached hydrogen (secondary N) is 1. The molecule has 1 rings (SSSR count). The van der Waals surface area contributed by atoms with Gasteiger partial charge in [0.1, 0.15) is 5.75 Å². The van der Waals surface area contributed by atoms with Crippen LogP contribution in [0.2, 0.25) is 0 Å². The molecule has 2 nitrogen and oxygen atoms in total. The predicted octanol–water partition coefficient (Wildman–Crippen LogP) is 3.61. The third kappa shape index (κ3) is 5.96. The summed E-state index contributed by atoms with van der Waals surface area (Å²) < 4.78 is 28.2. The molecule has 0 amide bonds. The van der Waals surface area contributed by atoms with Gasteiger partial charge in [-0.25, -0.2) is 0 Å². The van der Waals surface area contributed by atoms with Crippen LogP contribution in [0.3, 0.4) is 0 Å². The van der Waals surface area contributed by atoms with Gasteiger partial charge in [-0.05, 0) is 37.5 Å². The van der Waals surface area contributed by atoms with Crippen LogP contribution in [0.25, 0.3) is 0 Å². The average molecular weight is 257 g/mol. The zero-order chi connectivity index (χ0) is 13.5. The second-order valence-electron chi connectivity index (χ2n) is 4.78. The molecule has 102 valence electrons. The van der Waals surface area contributed by atoms with Gasteiger partial charge in [-0.2, -0.15) is 8.78 Å². The summed E-state index contributed by atoms with van der Waals surface area (Å²) in [6, 6.07) is 7.76. The first-order chi connectivity index (χ1) is 8.47. The Morgan fingerprint density at radius 1 is 1.11 bits per heavy atom. The number of alkyl halides is 2. The molecule has 4 heteroatoms. The molecule has 0 saturated carbocycles. The third-order valence-corrected chi connectivity index (χ3v) is 2.63. The molecule has 0 heterocycles. The van der Waals surface area contributed by atoms with Crippen molar-refractivity contribution in [1.82, 2.24) is 5.32 Å². The number of hydrogen-bond donors (Lipinski definition) is 1. The predicted molar refractivity (Wildman–Crippen MR) is 69.1 cm³/mol. The van der Waals surface area contributed by atoms with Crippen LogP contribution in [-0.2, 0) is 6.42 Å². The van der Waals surface area contributed by atoms with E-state index in [2.05, 4.69) is 30.8 Å². The first-order valence-electron chi connectivity index (χ1n) is 6.27. The van der Waals surface area contributed by atoms with Crippen molar-refractivity contribution in [3.05, 3.63) is 29.8 Å². The first kappa shape index (κ1) is 14.9. The van der Waals surface area contributed by atoms with Crippen LogP contribution < -0.4 is 10.1 Å². The Labute approximate surface area is 107 Å². The highest BCUT2D eigenvalue weighted by molar-refractivity contribution is 5.27. The minimum Gasteiger partial charge on any atom is -0.435 e. The minimum atomic E-state index is -2.76. The molecule has 18 heavy (non-hydrogen) atoms. The Morgan fingerprint density at radius 2 is 1.72 bits per heavy atom. The zero-order valence-corrected chi connectivity index (χ0v) is 11.1. The standard InChI is InChI=1S/C14H21F2NO/c1-10(2)17-11(3)4-5-12-6-8-13(9-7-12)18-14(15)16/h6-11,14,17H,4-5H2,1-3H3. The Kier molecular flexibility index (Phi) is 6.05. The van der Waals surface area contributed by atoms with Crippen LogP contribution >= 0.6 is 0 Å². The lowest BCUT2D eigenvalue weighted by atomic mass is 10.1. The summed E-state index contributed by atoms with van der Waals surface area (Å²) in [5.41, 5.74) is 1.13. The van der Waals surface area contributed by atoms with E-state index in [9.17, 15) is 8.78 Å². The number of ether oxygens (including phenoxy) is 1. The van der Waals surface area contributed by atoms with Gasteiger partial charge in [-0.1, -0.05) is 26.0 Å². The van der Waals surface area contributed by atoms with Crippen molar-refractivity contribution < 1.29 is 13.5 Å². The van der Waals surface area contributed by atoms with Crippen LogP contribution in [0.4, 0.5) is 8.78 Å². The minimum absolute atomic E-state index is 0.210. The van der Waals surface area contributed by atoms with Crippen molar-refractivity contribution in [1.29, 1.82) is 0 Å². The van der Waals surface area contributed by atoms with Gasteiger partial charge in [0.2, 0.25) is 0 Å². The molecule has 1 N–H and O–H groups in total. The summed E-state index contributed by atoms with van der Waals surface area (Å²) in [6.07, 6.45) is 1.95. The molecule has 0 bridgehead atoms. The number of hydrogen-bond acceptors (Lipinski definition) is 2. The van der Waals surface area contributed by atoms with Crippen molar-refractivity contribution in [2.24, 2.45) is 0 Å². The lowest BCUT2D eigenvalue weighted by Crippen LogP contribution is -2.32. The summed E-state index contributed by atoms with van der Waals surface area (Å²) in [6.45, 7) is 3.62. The Hall–Kier alpha value is -1.16. The molecule has 0 aromatic heterocycles. The van der Waals surface area contributed by atoms with Crippen molar-refractivity contribution in [2.45, 2.75) is 52.3 Å². The number of benzene rings is 1. The lowest BCUT2D eigenvalue weighted by Gasteiger charge is -2.16. The molecule has 0 aliphatic heterocycles. The van der Waals surface area contributed by atoms with Crippen LogP contribution in [0, 0.1) is 0 Å². The van der Waals surface area contributed by atoms with Crippen LogP contribution in [0.15, 0.2) is 24.3 Å². The van der Waals surface area contributed by atoms with Crippen LogP contribution in [0.1, 0.15) is 32.8 Å². The molecule has 1 atom stereocenters. The molecule has 1 unspecified atom stereocenters. The summed E-state index contributed by atoms with van der Waals surface area (Å²) in [5.74, 6) is 0.210. The zero-order valence-electron chi connectivity index (χ0n) is 11.1. The molecule has 0 aliphatic rings. The van der Waals surface area contributed by atoms with Gasteiger partial charge in [0.25, 0.3) is 0 Å². The van der Waals surface area contributed by atoms with E-state index >= 15 is 0 Å². The van der Waals surface area contributed by atoms with Crippen molar-refractivity contribution >= 4 is 0 Å². The van der Waals surface area contributed by atoms with E-state index in [1.54, 1.807) is 12.1 Å². The summed E-state index contributed by atoms with van der Waals surface area (Å²) >= 11 is 0. The average Bonchev–Trinajstić information content (AvgIpc) is 2.26. The normalized spacial score (nSPS) is 13.1. The van der Waals surface area contributed by atoms with Crippen LogP contribution in [0.5, 0.6) is 5.75 Å². The van der Waals surface area contributed by atoms with Gasteiger partial charge in [0.15, 0.2) is 0 Å². The van der Waals surface area contributed by atoms with Crippen molar-refractivity contribution in [2.75, 3.05) is 0 Å². The van der Waals surface area contributed by atoms with E-state index in [0.29, 0.717) is 12.1 Å². The van der Waals surface area contributed by atoms with E-state index in [1.165, 1.54) is 0 Å². The molecular formula is C14H21F2NO. The monoisotopic (exact) mass is 257 g/mol. The lowest BCUT2D eigenvalue weighted by molar-refractivity contribution is -0.0498. The Morgan fingerprint density at radius 3 is 2.22 bits per heavy atom. The maximum absolute atomic E-state index is 12.0. The van der Waals surface area contributed by atoms with Crippen molar-refractivity contribution in [3.63, 3.8) is 0 Å². The van der Waals surface area contributed by atoms with Crippen LogP contribution in [-0.4, -0.2) is 18.7 Å². The van der Waals surface area contributed by atoms with Gasteiger partial charge >= 0.3 is 6.61 Å². The second-order valence-corrected chi connectivity index (χ2v) is 4.78. The highest BCUT2D eigenvalue weighted by Crippen LogP contribution is 2.16. The summed E-state index contributed by atoms with van der Waals surface area (Å²) in [7, 11) is 0. The largest absolute Gasteiger partial charge is 0.435 e. The quantitative estimate of drug-likeness (QED) is 0.805. The summed E-state index contributed by atoms with van der Waals surface area (Å²) in [4.78, 5) is 0. The van der Waals surface area contributed by atoms with Crippen molar-refractivity contribution in [3.8, 4) is 5.75 Å². The highest BCUT2D eigenvalue weighted by atomic mass is 19.3. The van der Waals surface area contributed by atoms with E-state index < -0.39 is 6.61 Å². The smallest absolute Gasteiger partial charge is 0.387 e. The van der Waals surface area contributed by atoms with Gasteiger partial charge < -0.3 is 10.1 Å². The number of halogens is 2.